The molecule has 0 heterocycles. The number of anilines is 1. The van der Waals surface area contributed by atoms with Crippen molar-refractivity contribution in [1.82, 2.24) is 0 Å². The number of hydrogen-bond donors (Lipinski definition) is 1. The van der Waals surface area contributed by atoms with Crippen molar-refractivity contribution in [2.75, 3.05) is 12.8 Å². The highest BCUT2D eigenvalue weighted by Crippen LogP contribution is 2.28. The fourth-order valence-electron chi connectivity index (χ4n) is 1.85. The molecule has 2 aromatic rings. The van der Waals surface area contributed by atoms with Crippen LogP contribution in [0.4, 0.5) is 14.5 Å². The van der Waals surface area contributed by atoms with E-state index in [-0.39, 0.29) is 11.3 Å². The predicted octanol–water partition coefficient (Wildman–Crippen LogP) is 3.32. The van der Waals surface area contributed by atoms with Gasteiger partial charge in [0.15, 0.2) is 0 Å². The monoisotopic (exact) mass is 293 g/mol. The number of nitrogens with two attached hydrogens (primary N) is 1. The number of carbonyl (C=O) groups excluding carboxylic acids is 1. The molecule has 0 aliphatic heterocycles. The lowest BCUT2D eigenvalue weighted by atomic mass is 10.0. The van der Waals surface area contributed by atoms with Crippen molar-refractivity contribution >= 4 is 11.7 Å². The summed E-state index contributed by atoms with van der Waals surface area (Å²) in [5, 5.41) is 0. The lowest BCUT2D eigenvalue weighted by Gasteiger charge is -2.10. The molecule has 0 saturated heterocycles. The van der Waals surface area contributed by atoms with E-state index in [0.717, 1.165) is 0 Å². The molecule has 0 aliphatic carbocycles. The summed E-state index contributed by atoms with van der Waals surface area (Å²) >= 11 is 0. The van der Waals surface area contributed by atoms with Gasteiger partial charge in [0.2, 0.25) is 0 Å². The molecule has 2 N–H and O–H groups in total. The first-order chi connectivity index (χ1) is 9.99. The Bertz CT molecular complexity index is 642. The van der Waals surface area contributed by atoms with E-state index in [1.165, 1.54) is 25.3 Å². The first-order valence-electron chi connectivity index (χ1n) is 6.03. The number of esters is 1. The zero-order valence-electron chi connectivity index (χ0n) is 11.2. The van der Waals surface area contributed by atoms with Gasteiger partial charge in [-0.05, 0) is 41.5 Å². The summed E-state index contributed by atoms with van der Waals surface area (Å²) in [4.78, 5) is 11.6. The minimum atomic E-state index is -2.97. The molecule has 0 unspecified atom stereocenters. The molecule has 0 saturated carbocycles. The number of alkyl halides is 2. The Hall–Kier alpha value is -2.63. The maximum Gasteiger partial charge on any atom is 0.387 e. The van der Waals surface area contributed by atoms with Gasteiger partial charge in [0.05, 0.1) is 12.7 Å². The van der Waals surface area contributed by atoms with Crippen molar-refractivity contribution < 1.29 is 23.0 Å². The minimum Gasteiger partial charge on any atom is -0.465 e. The van der Waals surface area contributed by atoms with Crippen LogP contribution in [0.1, 0.15) is 10.4 Å². The lowest BCUT2D eigenvalue weighted by Crippen LogP contribution is -2.05. The molecule has 0 aliphatic rings. The zero-order valence-corrected chi connectivity index (χ0v) is 11.2. The Balaban J connectivity index is 2.48. The second kappa shape index (κ2) is 6.21. The van der Waals surface area contributed by atoms with Gasteiger partial charge in [-0.3, -0.25) is 0 Å². The second-order valence-corrected chi connectivity index (χ2v) is 4.24. The molecule has 110 valence electrons. The van der Waals surface area contributed by atoms with Crippen molar-refractivity contribution in [2.24, 2.45) is 0 Å². The number of ether oxygens (including phenoxy) is 2. The molecule has 0 atom stereocenters. The van der Waals surface area contributed by atoms with Crippen LogP contribution in [0.2, 0.25) is 0 Å². The highest BCUT2D eigenvalue weighted by atomic mass is 19.3. The molecule has 0 fully saturated rings. The number of methoxy groups -OCH3 is 1. The van der Waals surface area contributed by atoms with E-state index in [4.69, 9.17) is 5.73 Å². The van der Waals surface area contributed by atoms with E-state index in [1.54, 1.807) is 24.3 Å². The van der Waals surface area contributed by atoms with E-state index < -0.39 is 12.6 Å². The third-order valence-corrected chi connectivity index (χ3v) is 2.80. The maximum absolute atomic E-state index is 12.4. The average Bonchev–Trinajstić information content (AvgIpc) is 2.46. The van der Waals surface area contributed by atoms with E-state index in [1.807, 2.05) is 0 Å². The highest BCUT2D eigenvalue weighted by molar-refractivity contribution is 5.91. The molecule has 0 bridgehead atoms. The molecule has 0 spiro atoms. The second-order valence-electron chi connectivity index (χ2n) is 4.24. The number of hydrogen-bond acceptors (Lipinski definition) is 4. The summed E-state index contributed by atoms with van der Waals surface area (Å²) in [6.45, 7) is -2.97. The summed E-state index contributed by atoms with van der Waals surface area (Å²) in [5.74, 6) is -0.744. The van der Waals surface area contributed by atoms with Crippen LogP contribution in [0.25, 0.3) is 11.1 Å². The number of benzene rings is 2. The molecule has 0 amide bonds. The molecule has 4 nitrogen and oxygen atoms in total. The van der Waals surface area contributed by atoms with E-state index in [9.17, 15) is 13.6 Å². The van der Waals surface area contributed by atoms with Crippen LogP contribution in [-0.4, -0.2) is 19.7 Å². The first kappa shape index (κ1) is 14.8. The molecule has 0 radical (unpaired) electrons. The van der Waals surface area contributed by atoms with Gasteiger partial charge in [0, 0.05) is 5.69 Å². The predicted molar refractivity (Wildman–Crippen MR) is 74.3 cm³/mol. The van der Waals surface area contributed by atoms with Gasteiger partial charge in [-0.2, -0.15) is 8.78 Å². The molecule has 21 heavy (non-hydrogen) atoms. The first-order valence-corrected chi connectivity index (χ1v) is 6.03. The van der Waals surface area contributed by atoms with Gasteiger partial charge in [-0.15, -0.1) is 0 Å². The smallest absolute Gasteiger partial charge is 0.387 e. The van der Waals surface area contributed by atoms with Gasteiger partial charge >= 0.3 is 12.6 Å². The van der Waals surface area contributed by atoms with Crippen LogP contribution in [0.3, 0.4) is 0 Å². The Kier molecular flexibility index (Phi) is 4.37. The van der Waals surface area contributed by atoms with Crippen LogP contribution in [0, 0.1) is 0 Å². The topological polar surface area (TPSA) is 61.5 Å². The standard InChI is InChI=1S/C15H13F2NO3/c1-20-14(19)11-6-10(7-13(8-11)21-15(16)17)9-2-4-12(18)5-3-9/h2-8,15H,18H2,1H3. The molecular formula is C15H13F2NO3. The van der Waals surface area contributed by atoms with E-state index in [0.29, 0.717) is 16.8 Å². The molecular weight excluding hydrogens is 280 g/mol. The highest BCUT2D eigenvalue weighted by Gasteiger charge is 2.13. The number of rotatable bonds is 4. The largest absolute Gasteiger partial charge is 0.465 e. The molecule has 2 rings (SSSR count). The lowest BCUT2D eigenvalue weighted by molar-refractivity contribution is -0.0498. The fraction of sp³-hybridized carbons (Fsp3) is 0.133. The van der Waals surface area contributed by atoms with Gasteiger partial charge in [0.25, 0.3) is 0 Å². The van der Waals surface area contributed by atoms with Crippen molar-refractivity contribution in [3.05, 3.63) is 48.0 Å². The molecule has 0 aromatic heterocycles. The third-order valence-electron chi connectivity index (χ3n) is 2.80. The fourth-order valence-corrected chi connectivity index (χ4v) is 1.85. The maximum atomic E-state index is 12.4. The summed E-state index contributed by atoms with van der Waals surface area (Å²) < 4.78 is 33.7. The van der Waals surface area contributed by atoms with E-state index >= 15 is 0 Å². The van der Waals surface area contributed by atoms with Crippen LogP contribution < -0.4 is 10.5 Å². The minimum absolute atomic E-state index is 0.111. The third kappa shape index (κ3) is 3.68. The number of halogens is 2. The Morgan fingerprint density at radius 2 is 1.76 bits per heavy atom. The zero-order chi connectivity index (χ0) is 15.4. The summed E-state index contributed by atoms with van der Waals surface area (Å²) in [7, 11) is 1.21. The number of carbonyl (C=O) groups is 1. The SMILES string of the molecule is COC(=O)c1cc(OC(F)F)cc(-c2ccc(N)cc2)c1. The Labute approximate surface area is 120 Å². The normalized spacial score (nSPS) is 10.5. The average molecular weight is 293 g/mol. The molecule has 2 aromatic carbocycles. The Morgan fingerprint density at radius 1 is 1.10 bits per heavy atom. The summed E-state index contributed by atoms with van der Waals surface area (Å²) in [5.41, 5.74) is 7.57. The van der Waals surface area contributed by atoms with Crippen LogP contribution in [-0.2, 0) is 4.74 Å². The summed E-state index contributed by atoms with van der Waals surface area (Å²) in [6.07, 6.45) is 0. The van der Waals surface area contributed by atoms with Crippen LogP contribution in [0.5, 0.6) is 5.75 Å². The van der Waals surface area contributed by atoms with E-state index in [2.05, 4.69) is 9.47 Å². The van der Waals surface area contributed by atoms with Crippen LogP contribution >= 0.6 is 0 Å². The van der Waals surface area contributed by atoms with Gasteiger partial charge < -0.3 is 15.2 Å². The van der Waals surface area contributed by atoms with Crippen molar-refractivity contribution in [3.8, 4) is 16.9 Å². The van der Waals surface area contributed by atoms with Gasteiger partial charge in [0.1, 0.15) is 5.75 Å². The van der Waals surface area contributed by atoms with Crippen LogP contribution in [0.15, 0.2) is 42.5 Å². The van der Waals surface area contributed by atoms with Gasteiger partial charge in [-0.25, -0.2) is 4.79 Å². The van der Waals surface area contributed by atoms with Gasteiger partial charge in [-0.1, -0.05) is 12.1 Å². The van der Waals surface area contributed by atoms with Crippen molar-refractivity contribution in [2.45, 2.75) is 6.61 Å². The molecule has 6 heteroatoms. The Morgan fingerprint density at radius 3 is 2.33 bits per heavy atom. The van der Waals surface area contributed by atoms with Crippen molar-refractivity contribution in [1.29, 1.82) is 0 Å². The van der Waals surface area contributed by atoms with Crippen molar-refractivity contribution in [3.63, 3.8) is 0 Å². The quantitative estimate of drug-likeness (QED) is 0.694. The number of nitrogen functional groups attached to an aromatic ring is 1. The summed E-state index contributed by atoms with van der Waals surface area (Å²) in [6, 6.07) is 11.0.